The molecule has 0 radical (unpaired) electrons. The van der Waals surface area contributed by atoms with Crippen molar-refractivity contribution in [3.8, 4) is 0 Å². The number of amides is 2. The van der Waals surface area contributed by atoms with Gasteiger partial charge in [-0.25, -0.2) is 17.9 Å². The van der Waals surface area contributed by atoms with E-state index in [1.54, 1.807) is 32.9 Å². The van der Waals surface area contributed by atoms with Gasteiger partial charge < -0.3 is 5.32 Å². The van der Waals surface area contributed by atoms with Crippen molar-refractivity contribution in [2.24, 2.45) is 0 Å². The van der Waals surface area contributed by atoms with Gasteiger partial charge in [-0.05, 0) is 64.1 Å². The Morgan fingerprint density at radius 2 is 1.36 bits per heavy atom. The molecule has 2 N–H and O–H groups in total. The van der Waals surface area contributed by atoms with Crippen LogP contribution in [-0.2, 0) is 24.3 Å². The van der Waals surface area contributed by atoms with Crippen LogP contribution in [0.4, 0.5) is 10.5 Å². The maximum absolute atomic E-state index is 12.2. The molecule has 0 aliphatic carbocycles. The zero-order valence-corrected chi connectivity index (χ0v) is 17.5. The zero-order valence-electron chi connectivity index (χ0n) is 15.9. The summed E-state index contributed by atoms with van der Waals surface area (Å²) in [6.07, 6.45) is 0. The van der Waals surface area contributed by atoms with Gasteiger partial charge in [0.1, 0.15) is 0 Å². The molecule has 0 unspecified atom stereocenters. The third-order valence-electron chi connectivity index (χ3n) is 3.32. The number of rotatable bonds is 5. The average Bonchev–Trinajstić information content (AvgIpc) is 2.53. The van der Waals surface area contributed by atoms with Crippen LogP contribution in [0.5, 0.6) is 0 Å². The van der Waals surface area contributed by atoms with E-state index >= 15 is 0 Å². The molecule has 2 aromatic rings. The first kappa shape index (κ1) is 21.9. The fourth-order valence-corrected chi connectivity index (χ4v) is 4.27. The van der Waals surface area contributed by atoms with Gasteiger partial charge in [0.15, 0.2) is 0 Å². The maximum Gasteiger partial charge on any atom is 0.333 e. The highest BCUT2D eigenvalue weighted by molar-refractivity contribution is 7.90. The number of carbonyl (C=O) groups is 1. The first-order chi connectivity index (χ1) is 12.8. The summed E-state index contributed by atoms with van der Waals surface area (Å²) in [5.74, 6) is 0. The van der Waals surface area contributed by atoms with E-state index in [0.29, 0.717) is 0 Å². The lowest BCUT2D eigenvalue weighted by Crippen LogP contribution is -2.34. The van der Waals surface area contributed by atoms with E-state index in [9.17, 15) is 21.6 Å². The van der Waals surface area contributed by atoms with Crippen molar-refractivity contribution in [2.45, 2.75) is 43.1 Å². The SMILES string of the molecule is Cc1ccc(S(=O)(=O)NC(=O)Nc2ccc(S(=O)(=O)OC(C)(C)C)cc2)cc1. The van der Waals surface area contributed by atoms with E-state index < -0.39 is 31.8 Å². The van der Waals surface area contributed by atoms with Crippen LogP contribution >= 0.6 is 0 Å². The Balaban J connectivity index is 2.08. The van der Waals surface area contributed by atoms with Crippen molar-refractivity contribution in [3.63, 3.8) is 0 Å². The Hall–Kier alpha value is -2.43. The number of nitrogens with one attached hydrogen (secondary N) is 2. The third-order valence-corrected chi connectivity index (χ3v) is 6.23. The van der Waals surface area contributed by atoms with Crippen molar-refractivity contribution in [2.75, 3.05) is 5.32 Å². The normalized spacial score (nSPS) is 12.4. The fourth-order valence-electron chi connectivity index (χ4n) is 2.14. The van der Waals surface area contributed by atoms with Crippen LogP contribution in [0.1, 0.15) is 26.3 Å². The van der Waals surface area contributed by atoms with Crippen LogP contribution < -0.4 is 10.0 Å². The summed E-state index contributed by atoms with van der Waals surface area (Å²) in [6.45, 7) is 6.64. The monoisotopic (exact) mass is 426 g/mol. The van der Waals surface area contributed by atoms with Crippen LogP contribution in [0.25, 0.3) is 0 Å². The smallest absolute Gasteiger partial charge is 0.307 e. The second-order valence-electron chi connectivity index (χ2n) is 7.05. The molecule has 0 aliphatic heterocycles. The molecule has 2 rings (SSSR count). The molecule has 2 amide bonds. The molecule has 28 heavy (non-hydrogen) atoms. The maximum atomic E-state index is 12.2. The first-order valence-electron chi connectivity index (χ1n) is 8.25. The van der Waals surface area contributed by atoms with Gasteiger partial charge in [0.25, 0.3) is 20.1 Å². The number of anilines is 1. The van der Waals surface area contributed by atoms with Gasteiger partial charge in [0.05, 0.1) is 15.4 Å². The van der Waals surface area contributed by atoms with E-state index in [4.69, 9.17) is 4.18 Å². The Labute approximate surface area is 165 Å². The van der Waals surface area contributed by atoms with Gasteiger partial charge in [-0.2, -0.15) is 8.42 Å². The standard InChI is InChI=1S/C18H22N2O6S2/c1-13-5-9-15(10-6-13)27(22,23)20-17(21)19-14-7-11-16(12-8-14)28(24,25)26-18(2,3)4/h5-12H,1-4H3,(H2,19,20,21). The van der Waals surface area contributed by atoms with E-state index in [0.717, 1.165) is 5.56 Å². The number of urea groups is 1. The lowest BCUT2D eigenvalue weighted by atomic mass is 10.2. The number of aryl methyl sites for hydroxylation is 1. The predicted octanol–water partition coefficient (Wildman–Crippen LogP) is 3.01. The summed E-state index contributed by atoms with van der Waals surface area (Å²) >= 11 is 0. The minimum atomic E-state index is -4.03. The van der Waals surface area contributed by atoms with Crippen molar-refractivity contribution in [1.82, 2.24) is 4.72 Å². The number of sulfonamides is 1. The van der Waals surface area contributed by atoms with Crippen molar-refractivity contribution < 1.29 is 25.8 Å². The molecule has 0 saturated carbocycles. The summed E-state index contributed by atoms with van der Waals surface area (Å²) in [5.41, 5.74) is 0.208. The Morgan fingerprint density at radius 3 is 1.86 bits per heavy atom. The molecular formula is C18H22N2O6S2. The van der Waals surface area contributed by atoms with E-state index in [1.807, 2.05) is 11.6 Å². The summed E-state index contributed by atoms with van der Waals surface area (Å²) in [4.78, 5) is 11.9. The highest BCUT2D eigenvalue weighted by atomic mass is 32.2. The lowest BCUT2D eigenvalue weighted by molar-refractivity contribution is 0.139. The predicted molar refractivity (Wildman–Crippen MR) is 105 cm³/mol. The molecule has 0 atom stereocenters. The molecule has 0 saturated heterocycles. The van der Waals surface area contributed by atoms with Crippen LogP contribution in [0.15, 0.2) is 58.3 Å². The van der Waals surface area contributed by atoms with Gasteiger partial charge in [-0.3, -0.25) is 4.18 Å². The van der Waals surface area contributed by atoms with Gasteiger partial charge in [-0.1, -0.05) is 17.7 Å². The van der Waals surface area contributed by atoms with Gasteiger partial charge in [-0.15, -0.1) is 0 Å². The molecular weight excluding hydrogens is 404 g/mol. The summed E-state index contributed by atoms with van der Waals surface area (Å²) in [6, 6.07) is 10.2. The van der Waals surface area contributed by atoms with Crippen molar-refractivity contribution >= 4 is 31.9 Å². The molecule has 0 bridgehead atoms. The van der Waals surface area contributed by atoms with Crippen molar-refractivity contribution in [1.29, 1.82) is 0 Å². The van der Waals surface area contributed by atoms with Crippen LogP contribution in [-0.4, -0.2) is 28.5 Å². The Kier molecular flexibility index (Phi) is 6.17. The van der Waals surface area contributed by atoms with Crippen LogP contribution in [0.2, 0.25) is 0 Å². The molecule has 152 valence electrons. The van der Waals surface area contributed by atoms with Gasteiger partial charge in [0, 0.05) is 5.69 Å². The second-order valence-corrected chi connectivity index (χ2v) is 10.3. The number of carbonyl (C=O) groups excluding carboxylic acids is 1. The number of benzene rings is 2. The highest BCUT2D eigenvalue weighted by Gasteiger charge is 2.24. The van der Waals surface area contributed by atoms with Gasteiger partial charge in [0.2, 0.25) is 0 Å². The summed E-state index contributed by atoms with van der Waals surface area (Å²) in [7, 11) is -7.98. The van der Waals surface area contributed by atoms with E-state index in [1.165, 1.54) is 36.4 Å². The van der Waals surface area contributed by atoms with Crippen LogP contribution in [0.3, 0.4) is 0 Å². The molecule has 0 heterocycles. The topological polar surface area (TPSA) is 119 Å². The Bertz CT molecular complexity index is 1050. The van der Waals surface area contributed by atoms with Gasteiger partial charge >= 0.3 is 6.03 Å². The minimum absolute atomic E-state index is 0.0472. The van der Waals surface area contributed by atoms with E-state index in [-0.39, 0.29) is 15.5 Å². The zero-order chi connectivity index (χ0) is 21.2. The largest absolute Gasteiger partial charge is 0.333 e. The molecule has 10 heteroatoms. The first-order valence-corrected chi connectivity index (χ1v) is 11.1. The number of hydrogen-bond donors (Lipinski definition) is 2. The lowest BCUT2D eigenvalue weighted by Gasteiger charge is -2.18. The average molecular weight is 427 g/mol. The highest BCUT2D eigenvalue weighted by Crippen LogP contribution is 2.21. The summed E-state index contributed by atoms with van der Waals surface area (Å²) in [5, 5.41) is 2.34. The fraction of sp³-hybridized carbons (Fsp3) is 0.278. The third kappa shape index (κ3) is 6.04. The van der Waals surface area contributed by atoms with E-state index in [2.05, 4.69) is 5.32 Å². The molecule has 0 spiro atoms. The molecule has 8 nitrogen and oxygen atoms in total. The number of hydrogen-bond acceptors (Lipinski definition) is 6. The molecule has 2 aromatic carbocycles. The molecule has 0 aliphatic rings. The molecule has 0 fully saturated rings. The Morgan fingerprint density at radius 1 is 0.857 bits per heavy atom. The second kappa shape index (κ2) is 7.90. The quantitative estimate of drug-likeness (QED) is 0.710. The van der Waals surface area contributed by atoms with Crippen LogP contribution in [0, 0.1) is 6.92 Å². The summed E-state index contributed by atoms with van der Waals surface area (Å²) < 4.78 is 55.6. The minimum Gasteiger partial charge on any atom is -0.307 e. The van der Waals surface area contributed by atoms with Crippen molar-refractivity contribution in [3.05, 3.63) is 54.1 Å². The molecule has 0 aromatic heterocycles.